The zero-order chi connectivity index (χ0) is 21.4. The minimum atomic E-state index is -4.95. The van der Waals surface area contributed by atoms with Crippen LogP contribution in [0.5, 0.6) is 0 Å². The lowest BCUT2D eigenvalue weighted by Crippen LogP contribution is -2.11. The number of aryl methyl sites for hydroxylation is 1. The second kappa shape index (κ2) is 7.91. The van der Waals surface area contributed by atoms with Gasteiger partial charge in [0.1, 0.15) is 0 Å². The highest BCUT2D eigenvalue weighted by molar-refractivity contribution is 6.30. The van der Waals surface area contributed by atoms with E-state index in [2.05, 4.69) is 4.98 Å². The molecule has 0 spiro atoms. The summed E-state index contributed by atoms with van der Waals surface area (Å²) in [7, 11) is 0. The molecule has 2 aromatic carbocycles. The summed E-state index contributed by atoms with van der Waals surface area (Å²) >= 11 is 6.00. The van der Waals surface area contributed by atoms with E-state index < -0.39 is 23.5 Å². The zero-order valence-electron chi connectivity index (χ0n) is 15.0. The normalized spacial score (nSPS) is 12.7. The van der Waals surface area contributed by atoms with Crippen LogP contribution in [0.4, 0.5) is 26.3 Å². The molecule has 0 aliphatic heterocycles. The van der Waals surface area contributed by atoms with Crippen LogP contribution in [0.25, 0.3) is 22.2 Å². The van der Waals surface area contributed by atoms with Crippen molar-refractivity contribution in [2.75, 3.05) is 6.54 Å². The third-order valence-corrected chi connectivity index (χ3v) is 4.86. The Labute approximate surface area is 167 Å². The van der Waals surface area contributed by atoms with Gasteiger partial charge in [-0.2, -0.15) is 26.3 Å². The number of fused-ring (bicyclic) bond motifs is 1. The van der Waals surface area contributed by atoms with Crippen molar-refractivity contribution >= 4 is 22.5 Å². The number of hydrogen-bond donors (Lipinski definition) is 2. The second-order valence-electron chi connectivity index (χ2n) is 6.68. The Morgan fingerprint density at radius 1 is 0.931 bits per heavy atom. The number of aromatic nitrogens is 1. The van der Waals surface area contributed by atoms with Gasteiger partial charge in [-0.05, 0) is 61.2 Å². The van der Waals surface area contributed by atoms with Gasteiger partial charge in [-0.25, -0.2) is 0 Å². The molecule has 9 heteroatoms. The van der Waals surface area contributed by atoms with Crippen LogP contribution in [-0.2, 0) is 18.8 Å². The predicted molar refractivity (Wildman–Crippen MR) is 101 cm³/mol. The molecule has 0 saturated carbocycles. The quantitative estimate of drug-likeness (QED) is 0.336. The average molecular weight is 435 g/mol. The van der Waals surface area contributed by atoms with Crippen LogP contribution in [0.3, 0.4) is 0 Å². The number of rotatable bonds is 5. The van der Waals surface area contributed by atoms with Crippen LogP contribution in [0, 0.1) is 0 Å². The van der Waals surface area contributed by atoms with Crippen molar-refractivity contribution in [3.63, 3.8) is 0 Å². The van der Waals surface area contributed by atoms with Crippen molar-refractivity contribution in [1.29, 1.82) is 0 Å². The SMILES string of the molecule is NCCCCc1c(-c2cccc(Cl)c2)[nH]c2cc(C(F)(F)F)cc(C(F)(F)F)c12. The van der Waals surface area contributed by atoms with Gasteiger partial charge in [-0.15, -0.1) is 0 Å². The maximum absolute atomic E-state index is 13.7. The zero-order valence-corrected chi connectivity index (χ0v) is 15.8. The number of alkyl halides is 6. The molecule has 0 amide bonds. The summed E-state index contributed by atoms with van der Waals surface area (Å²) < 4.78 is 80.7. The predicted octanol–water partition coefficient (Wildman–Crippen LogP) is 6.81. The molecule has 0 radical (unpaired) electrons. The lowest BCUT2D eigenvalue weighted by molar-refractivity contribution is -0.142. The maximum Gasteiger partial charge on any atom is 0.417 e. The van der Waals surface area contributed by atoms with E-state index in [4.69, 9.17) is 17.3 Å². The monoisotopic (exact) mass is 434 g/mol. The standard InChI is InChI=1S/C20H17ClF6N2/c21-13-5-3-4-11(8-13)18-14(6-1-2-7-28)17-15(20(25,26)27)9-12(19(22,23)24)10-16(17)29-18/h3-5,8-10,29H,1-2,6-7,28H2. The van der Waals surface area contributed by atoms with Crippen molar-refractivity contribution in [2.45, 2.75) is 31.6 Å². The Morgan fingerprint density at radius 3 is 2.24 bits per heavy atom. The highest BCUT2D eigenvalue weighted by Gasteiger charge is 2.39. The molecule has 0 saturated heterocycles. The van der Waals surface area contributed by atoms with Crippen molar-refractivity contribution in [1.82, 2.24) is 4.98 Å². The summed E-state index contributed by atoms with van der Waals surface area (Å²) in [4.78, 5) is 2.77. The summed E-state index contributed by atoms with van der Waals surface area (Å²) in [6, 6.07) is 7.30. The van der Waals surface area contributed by atoms with E-state index in [0.717, 1.165) is 0 Å². The van der Waals surface area contributed by atoms with Gasteiger partial charge in [-0.1, -0.05) is 23.7 Å². The van der Waals surface area contributed by atoms with Gasteiger partial charge in [0.15, 0.2) is 0 Å². The summed E-state index contributed by atoms with van der Waals surface area (Å²) in [5, 5.41) is 0.110. The Balaban J connectivity index is 2.34. The first-order chi connectivity index (χ1) is 13.5. The Kier molecular flexibility index (Phi) is 5.87. The summed E-state index contributed by atoms with van der Waals surface area (Å²) in [5.74, 6) is 0. The van der Waals surface area contributed by atoms with Crippen LogP contribution in [0.1, 0.15) is 29.5 Å². The fourth-order valence-corrected chi connectivity index (χ4v) is 3.56. The Hall–Kier alpha value is -2.19. The van der Waals surface area contributed by atoms with Crippen molar-refractivity contribution in [3.05, 3.63) is 58.1 Å². The van der Waals surface area contributed by atoms with Crippen molar-refractivity contribution in [3.8, 4) is 11.3 Å². The van der Waals surface area contributed by atoms with E-state index >= 15 is 0 Å². The van der Waals surface area contributed by atoms with Gasteiger partial charge in [-0.3, -0.25) is 0 Å². The largest absolute Gasteiger partial charge is 0.417 e. The van der Waals surface area contributed by atoms with E-state index in [9.17, 15) is 26.3 Å². The third-order valence-electron chi connectivity index (χ3n) is 4.63. The molecule has 0 fully saturated rings. The summed E-state index contributed by atoms with van der Waals surface area (Å²) in [6.07, 6.45) is -8.56. The first kappa shape index (κ1) is 21.5. The van der Waals surface area contributed by atoms with Crippen LogP contribution in [-0.4, -0.2) is 11.5 Å². The molecule has 3 N–H and O–H groups in total. The van der Waals surface area contributed by atoms with Gasteiger partial charge in [0.25, 0.3) is 0 Å². The number of hydrogen-bond acceptors (Lipinski definition) is 1. The van der Waals surface area contributed by atoms with Gasteiger partial charge >= 0.3 is 12.4 Å². The number of benzene rings is 2. The van der Waals surface area contributed by atoms with Crippen LogP contribution in [0.15, 0.2) is 36.4 Å². The minimum absolute atomic E-state index is 0.171. The number of aromatic amines is 1. The smallest absolute Gasteiger partial charge is 0.354 e. The Morgan fingerprint density at radius 2 is 1.66 bits per heavy atom. The molecular weight excluding hydrogens is 418 g/mol. The molecule has 0 unspecified atom stereocenters. The molecule has 3 rings (SSSR count). The summed E-state index contributed by atoms with van der Waals surface area (Å²) in [6.45, 7) is 0.360. The lowest BCUT2D eigenvalue weighted by atomic mass is 9.96. The summed E-state index contributed by atoms with van der Waals surface area (Å²) in [5.41, 5.74) is 3.73. The van der Waals surface area contributed by atoms with Gasteiger partial charge in [0, 0.05) is 21.6 Å². The maximum atomic E-state index is 13.7. The van der Waals surface area contributed by atoms with E-state index in [0.29, 0.717) is 47.3 Å². The van der Waals surface area contributed by atoms with Crippen LogP contribution >= 0.6 is 11.6 Å². The number of nitrogens with one attached hydrogen (secondary N) is 1. The lowest BCUT2D eigenvalue weighted by Gasteiger charge is -2.14. The molecular formula is C20H17ClF6N2. The number of unbranched alkanes of at least 4 members (excludes halogenated alkanes) is 1. The van der Waals surface area contributed by atoms with E-state index in [1.165, 1.54) is 0 Å². The van der Waals surface area contributed by atoms with E-state index in [1.807, 2.05) is 0 Å². The molecule has 1 aromatic heterocycles. The fourth-order valence-electron chi connectivity index (χ4n) is 3.37. The molecule has 29 heavy (non-hydrogen) atoms. The number of nitrogens with two attached hydrogens (primary N) is 1. The minimum Gasteiger partial charge on any atom is -0.354 e. The van der Waals surface area contributed by atoms with Crippen molar-refractivity contribution in [2.24, 2.45) is 5.73 Å². The van der Waals surface area contributed by atoms with Crippen LogP contribution < -0.4 is 5.73 Å². The van der Waals surface area contributed by atoms with E-state index in [1.54, 1.807) is 24.3 Å². The third kappa shape index (κ3) is 4.53. The first-order valence-corrected chi connectivity index (χ1v) is 9.19. The molecule has 0 bridgehead atoms. The fraction of sp³-hybridized carbons (Fsp3) is 0.300. The molecule has 0 aliphatic carbocycles. The highest BCUT2D eigenvalue weighted by atomic mass is 35.5. The topological polar surface area (TPSA) is 41.8 Å². The van der Waals surface area contributed by atoms with E-state index in [-0.39, 0.29) is 23.4 Å². The van der Waals surface area contributed by atoms with Crippen LogP contribution in [0.2, 0.25) is 5.02 Å². The molecule has 3 aromatic rings. The molecule has 2 nitrogen and oxygen atoms in total. The second-order valence-corrected chi connectivity index (χ2v) is 7.11. The number of H-pyrrole nitrogens is 1. The molecule has 1 heterocycles. The van der Waals surface area contributed by atoms with Gasteiger partial charge < -0.3 is 10.7 Å². The molecule has 156 valence electrons. The average Bonchev–Trinajstić information content (AvgIpc) is 2.98. The van der Waals surface area contributed by atoms with Gasteiger partial charge in [0.2, 0.25) is 0 Å². The number of halogens is 7. The molecule has 0 aliphatic rings. The highest BCUT2D eigenvalue weighted by Crippen LogP contribution is 2.44. The first-order valence-electron chi connectivity index (χ1n) is 8.81. The van der Waals surface area contributed by atoms with Crippen molar-refractivity contribution < 1.29 is 26.3 Å². The molecule has 0 atom stereocenters. The van der Waals surface area contributed by atoms with Gasteiger partial charge in [0.05, 0.1) is 11.1 Å². The Bertz CT molecular complexity index is 1020.